The van der Waals surface area contributed by atoms with E-state index in [2.05, 4.69) is 15.5 Å². The summed E-state index contributed by atoms with van der Waals surface area (Å²) in [6, 6.07) is 13.0. The van der Waals surface area contributed by atoms with Gasteiger partial charge in [-0.25, -0.2) is 0 Å². The number of carbonyl (C=O) groups is 2. The van der Waals surface area contributed by atoms with Gasteiger partial charge in [0.1, 0.15) is 0 Å². The standard InChI is InChI=1S/C20H17N3O3S/c1-11-5-3-4-6-14(11)19-22-23-20(26-19)27-10-17(24)13-7-8-16-15(9-13)12(2)18(25)21-16/h3-9,12H,10H2,1-2H3,(H,21,25)/t12-/m1/s1. The monoisotopic (exact) mass is 379 g/mol. The van der Waals surface area contributed by atoms with Crippen molar-refractivity contribution in [3.05, 3.63) is 59.2 Å². The highest BCUT2D eigenvalue weighted by Crippen LogP contribution is 2.33. The second kappa shape index (κ2) is 7.00. The summed E-state index contributed by atoms with van der Waals surface area (Å²) in [5.41, 5.74) is 4.13. The number of hydrogen-bond acceptors (Lipinski definition) is 6. The molecule has 6 nitrogen and oxygen atoms in total. The fraction of sp³-hybridized carbons (Fsp3) is 0.200. The highest BCUT2D eigenvalue weighted by atomic mass is 32.2. The summed E-state index contributed by atoms with van der Waals surface area (Å²) >= 11 is 1.21. The summed E-state index contributed by atoms with van der Waals surface area (Å²) < 4.78 is 5.68. The number of fused-ring (bicyclic) bond motifs is 1. The van der Waals surface area contributed by atoms with Gasteiger partial charge in [0.15, 0.2) is 5.78 Å². The van der Waals surface area contributed by atoms with Crippen LogP contribution in [0.25, 0.3) is 11.5 Å². The van der Waals surface area contributed by atoms with E-state index >= 15 is 0 Å². The van der Waals surface area contributed by atoms with Crippen LogP contribution in [0.1, 0.15) is 34.3 Å². The summed E-state index contributed by atoms with van der Waals surface area (Å²) in [5, 5.41) is 11.2. The van der Waals surface area contributed by atoms with Crippen molar-refractivity contribution in [2.45, 2.75) is 25.0 Å². The molecule has 27 heavy (non-hydrogen) atoms. The van der Waals surface area contributed by atoms with Gasteiger partial charge in [0.2, 0.25) is 11.8 Å². The molecule has 1 N–H and O–H groups in total. The molecule has 0 spiro atoms. The van der Waals surface area contributed by atoms with E-state index < -0.39 is 0 Å². The van der Waals surface area contributed by atoms with Crippen LogP contribution in [0.2, 0.25) is 0 Å². The quantitative estimate of drug-likeness (QED) is 0.531. The lowest BCUT2D eigenvalue weighted by Gasteiger charge is -2.04. The maximum atomic E-state index is 12.5. The fourth-order valence-electron chi connectivity index (χ4n) is 2.99. The molecule has 1 atom stereocenters. The van der Waals surface area contributed by atoms with E-state index in [1.165, 1.54) is 11.8 Å². The van der Waals surface area contributed by atoms with Crippen molar-refractivity contribution in [2.75, 3.05) is 11.1 Å². The lowest BCUT2D eigenvalue weighted by molar-refractivity contribution is -0.116. The van der Waals surface area contributed by atoms with E-state index in [4.69, 9.17) is 4.42 Å². The third kappa shape index (κ3) is 3.38. The van der Waals surface area contributed by atoms with E-state index in [0.717, 1.165) is 22.4 Å². The third-order valence-corrected chi connectivity index (χ3v) is 5.42. The zero-order valence-corrected chi connectivity index (χ0v) is 15.7. The molecule has 3 aromatic rings. The minimum atomic E-state index is -0.243. The Kier molecular flexibility index (Phi) is 4.53. The van der Waals surface area contributed by atoms with E-state index in [1.54, 1.807) is 18.2 Å². The Morgan fingerprint density at radius 2 is 2.04 bits per heavy atom. The maximum Gasteiger partial charge on any atom is 0.277 e. The maximum absolute atomic E-state index is 12.5. The number of carbonyl (C=O) groups excluding carboxylic acids is 2. The van der Waals surface area contributed by atoms with Crippen LogP contribution in [0.3, 0.4) is 0 Å². The Balaban J connectivity index is 1.45. The van der Waals surface area contributed by atoms with E-state index in [1.807, 2.05) is 38.1 Å². The zero-order valence-electron chi connectivity index (χ0n) is 14.9. The Hall–Kier alpha value is -2.93. The second-order valence-corrected chi connectivity index (χ2v) is 7.34. The highest BCUT2D eigenvalue weighted by molar-refractivity contribution is 7.99. The van der Waals surface area contributed by atoms with Crippen LogP contribution < -0.4 is 5.32 Å². The molecule has 1 amide bonds. The second-order valence-electron chi connectivity index (χ2n) is 6.41. The zero-order chi connectivity index (χ0) is 19.0. The number of nitrogens with zero attached hydrogens (tertiary/aromatic N) is 2. The third-order valence-electron chi connectivity index (χ3n) is 4.60. The molecule has 136 valence electrons. The lowest BCUT2D eigenvalue weighted by Crippen LogP contribution is -2.08. The van der Waals surface area contributed by atoms with Gasteiger partial charge in [-0.1, -0.05) is 30.0 Å². The van der Waals surface area contributed by atoms with E-state index in [-0.39, 0.29) is 23.4 Å². The first-order valence-corrected chi connectivity index (χ1v) is 9.52. The van der Waals surface area contributed by atoms with Crippen LogP contribution in [0.15, 0.2) is 52.1 Å². The minimum Gasteiger partial charge on any atom is -0.411 e. The van der Waals surface area contributed by atoms with Gasteiger partial charge in [0.05, 0.1) is 11.7 Å². The highest BCUT2D eigenvalue weighted by Gasteiger charge is 2.27. The van der Waals surface area contributed by atoms with E-state index in [9.17, 15) is 9.59 Å². The number of hydrogen-bond donors (Lipinski definition) is 1. The van der Waals surface area contributed by atoms with Gasteiger partial charge in [0, 0.05) is 16.8 Å². The number of anilines is 1. The molecule has 1 aromatic heterocycles. The topological polar surface area (TPSA) is 85.1 Å². The molecule has 0 aliphatic carbocycles. The smallest absolute Gasteiger partial charge is 0.277 e. The van der Waals surface area contributed by atoms with Gasteiger partial charge >= 0.3 is 0 Å². The Labute approximate surface area is 160 Å². The van der Waals surface area contributed by atoms with Gasteiger partial charge in [-0.05, 0) is 49.2 Å². The molecular formula is C20H17N3O3S. The average molecular weight is 379 g/mol. The first kappa shape index (κ1) is 17.5. The lowest BCUT2D eigenvalue weighted by atomic mass is 9.99. The molecule has 0 bridgehead atoms. The number of aromatic nitrogens is 2. The van der Waals surface area contributed by atoms with Crippen molar-refractivity contribution in [2.24, 2.45) is 0 Å². The molecule has 0 saturated carbocycles. The molecule has 0 unspecified atom stereocenters. The number of thioether (sulfide) groups is 1. The molecule has 4 rings (SSSR count). The first-order valence-electron chi connectivity index (χ1n) is 8.53. The number of benzene rings is 2. The van der Waals surface area contributed by atoms with Crippen LogP contribution in [-0.2, 0) is 4.79 Å². The Bertz CT molecular complexity index is 1040. The molecule has 1 aliphatic heterocycles. The summed E-state index contributed by atoms with van der Waals surface area (Å²) in [6.07, 6.45) is 0. The minimum absolute atomic E-state index is 0.0430. The summed E-state index contributed by atoms with van der Waals surface area (Å²) in [5.74, 6) is 0.291. The fourth-order valence-corrected chi connectivity index (χ4v) is 3.65. The number of ketones is 1. The van der Waals surface area contributed by atoms with E-state index in [0.29, 0.717) is 16.7 Å². The molecule has 0 saturated heterocycles. The summed E-state index contributed by atoms with van der Waals surface area (Å²) in [6.45, 7) is 3.81. The number of rotatable bonds is 5. The molecule has 7 heteroatoms. The van der Waals surface area contributed by atoms with Crippen LogP contribution >= 0.6 is 11.8 Å². The van der Waals surface area contributed by atoms with Gasteiger partial charge < -0.3 is 9.73 Å². The van der Waals surface area contributed by atoms with Crippen LogP contribution in [0, 0.1) is 6.92 Å². The molecule has 2 aromatic carbocycles. The van der Waals surface area contributed by atoms with Gasteiger partial charge in [-0.2, -0.15) is 0 Å². The van der Waals surface area contributed by atoms with Crippen LogP contribution in [0.5, 0.6) is 0 Å². The van der Waals surface area contributed by atoms with Crippen LogP contribution in [0.4, 0.5) is 5.69 Å². The number of amides is 1. The van der Waals surface area contributed by atoms with Crippen molar-refractivity contribution in [1.82, 2.24) is 10.2 Å². The number of Topliss-reactive ketones (excluding diaryl/α,β-unsaturated/α-hetero) is 1. The van der Waals surface area contributed by atoms with Crippen molar-refractivity contribution < 1.29 is 14.0 Å². The molecule has 1 aliphatic rings. The van der Waals surface area contributed by atoms with Crippen molar-refractivity contribution in [3.8, 4) is 11.5 Å². The predicted molar refractivity (Wildman–Crippen MR) is 103 cm³/mol. The Morgan fingerprint density at radius 3 is 2.85 bits per heavy atom. The largest absolute Gasteiger partial charge is 0.411 e. The van der Waals surface area contributed by atoms with Crippen molar-refractivity contribution in [1.29, 1.82) is 0 Å². The molecule has 0 radical (unpaired) electrons. The molecule has 2 heterocycles. The van der Waals surface area contributed by atoms with Crippen LogP contribution in [-0.4, -0.2) is 27.6 Å². The van der Waals surface area contributed by atoms with Crippen molar-refractivity contribution >= 4 is 29.1 Å². The number of nitrogens with one attached hydrogen (secondary N) is 1. The van der Waals surface area contributed by atoms with Crippen molar-refractivity contribution in [3.63, 3.8) is 0 Å². The van der Waals surface area contributed by atoms with Gasteiger partial charge in [-0.15, -0.1) is 10.2 Å². The average Bonchev–Trinajstić information content (AvgIpc) is 3.25. The molecular weight excluding hydrogens is 362 g/mol. The Morgan fingerprint density at radius 1 is 1.22 bits per heavy atom. The van der Waals surface area contributed by atoms with Gasteiger partial charge in [-0.3, -0.25) is 9.59 Å². The first-order chi connectivity index (χ1) is 13.0. The number of aryl methyl sites for hydroxylation is 1. The van der Waals surface area contributed by atoms with Gasteiger partial charge in [0.25, 0.3) is 5.22 Å². The normalized spacial score (nSPS) is 15.5. The summed E-state index contributed by atoms with van der Waals surface area (Å²) in [7, 11) is 0. The SMILES string of the molecule is Cc1ccccc1-c1nnc(SCC(=O)c2ccc3c(c2)[C@@H](C)C(=O)N3)o1. The predicted octanol–water partition coefficient (Wildman–Crippen LogP) is 4.08. The summed E-state index contributed by atoms with van der Waals surface area (Å²) in [4.78, 5) is 24.3. The molecule has 0 fully saturated rings.